The molecule has 0 aliphatic carbocycles. The van der Waals surface area contributed by atoms with Crippen molar-refractivity contribution in [2.75, 3.05) is 0 Å². The summed E-state index contributed by atoms with van der Waals surface area (Å²) in [6.45, 7) is 5.16. The number of nitrogens with two attached hydrogens (primary N) is 2. The van der Waals surface area contributed by atoms with Gasteiger partial charge in [0.05, 0.1) is 0 Å². The van der Waals surface area contributed by atoms with Crippen LogP contribution in [0.5, 0.6) is 0 Å². The highest BCUT2D eigenvalue weighted by atomic mass is 16.3. The van der Waals surface area contributed by atoms with Gasteiger partial charge in [0.1, 0.15) is 6.23 Å². The van der Waals surface area contributed by atoms with Crippen LogP contribution in [0.15, 0.2) is 23.9 Å². The average molecular weight is 128 g/mol. The van der Waals surface area contributed by atoms with Crippen molar-refractivity contribution in [1.82, 2.24) is 0 Å². The number of aliphatic hydroxyl groups is 1. The molecule has 0 aromatic carbocycles. The Hall–Kier alpha value is -0.800. The van der Waals surface area contributed by atoms with E-state index in [0.717, 1.165) is 0 Å². The lowest BCUT2D eigenvalue weighted by Gasteiger charge is -2.02. The molecular formula is C6H12N2O. The quantitative estimate of drug-likeness (QED) is 0.352. The van der Waals surface area contributed by atoms with E-state index in [9.17, 15) is 0 Å². The van der Waals surface area contributed by atoms with E-state index < -0.39 is 6.23 Å². The van der Waals surface area contributed by atoms with Crippen molar-refractivity contribution < 1.29 is 5.11 Å². The van der Waals surface area contributed by atoms with Gasteiger partial charge in [-0.25, -0.2) is 0 Å². The maximum atomic E-state index is 8.65. The Balaban J connectivity index is 3.93. The summed E-state index contributed by atoms with van der Waals surface area (Å²) in [6, 6.07) is 0. The van der Waals surface area contributed by atoms with Crippen LogP contribution in [-0.2, 0) is 0 Å². The van der Waals surface area contributed by atoms with Gasteiger partial charge in [-0.1, -0.05) is 6.58 Å². The molecule has 0 amide bonds. The van der Waals surface area contributed by atoms with Gasteiger partial charge in [-0.05, 0) is 18.6 Å². The number of allylic oxidation sites excluding steroid dienone is 1. The predicted molar refractivity (Wildman–Crippen MR) is 37.3 cm³/mol. The largest absolute Gasteiger partial charge is 0.402 e. The molecule has 0 aliphatic heterocycles. The second kappa shape index (κ2) is 3.27. The minimum Gasteiger partial charge on any atom is -0.402 e. The zero-order chi connectivity index (χ0) is 7.44. The second-order valence-corrected chi connectivity index (χ2v) is 1.91. The molecule has 5 N–H and O–H groups in total. The summed E-state index contributed by atoms with van der Waals surface area (Å²) < 4.78 is 0. The smallest absolute Gasteiger partial charge is 0.128 e. The lowest BCUT2D eigenvalue weighted by molar-refractivity contribution is 0.223. The topological polar surface area (TPSA) is 72.3 Å². The predicted octanol–water partition coefficient (Wildman–Crippen LogP) is -0.318. The third-order valence-corrected chi connectivity index (χ3v) is 0.793. The molecule has 3 nitrogen and oxygen atoms in total. The summed E-state index contributed by atoms with van der Waals surface area (Å²) in [6.07, 6.45) is 0.536. The molecule has 0 aromatic heterocycles. The summed E-state index contributed by atoms with van der Waals surface area (Å²) in [7, 11) is 0. The molecule has 0 saturated carbocycles. The summed E-state index contributed by atoms with van der Waals surface area (Å²) in [4.78, 5) is 0. The highest BCUT2D eigenvalue weighted by molar-refractivity contribution is 5.20. The van der Waals surface area contributed by atoms with Gasteiger partial charge in [-0.15, -0.1) is 0 Å². The van der Waals surface area contributed by atoms with E-state index in [4.69, 9.17) is 16.6 Å². The van der Waals surface area contributed by atoms with Crippen molar-refractivity contribution in [1.29, 1.82) is 0 Å². The fourth-order valence-electron chi connectivity index (χ4n) is 0.378. The monoisotopic (exact) mass is 128 g/mol. The van der Waals surface area contributed by atoms with Gasteiger partial charge >= 0.3 is 0 Å². The van der Waals surface area contributed by atoms with Crippen LogP contribution in [0.3, 0.4) is 0 Å². The summed E-state index contributed by atoms with van der Waals surface area (Å²) in [5, 5.41) is 8.65. The van der Waals surface area contributed by atoms with Crippen molar-refractivity contribution in [3.63, 3.8) is 0 Å². The van der Waals surface area contributed by atoms with Crippen LogP contribution in [0.2, 0.25) is 0 Å². The third-order valence-electron chi connectivity index (χ3n) is 0.793. The Morgan fingerprint density at radius 2 is 2.22 bits per heavy atom. The lowest BCUT2D eigenvalue weighted by atomic mass is 10.2. The van der Waals surface area contributed by atoms with Crippen molar-refractivity contribution in [3.8, 4) is 0 Å². The van der Waals surface area contributed by atoms with Gasteiger partial charge in [-0.3, -0.25) is 0 Å². The van der Waals surface area contributed by atoms with E-state index in [1.807, 2.05) is 0 Å². The van der Waals surface area contributed by atoms with Crippen LogP contribution >= 0.6 is 0 Å². The first-order chi connectivity index (χ1) is 4.04. The zero-order valence-electron chi connectivity index (χ0n) is 5.46. The summed E-state index contributed by atoms with van der Waals surface area (Å²) in [5.74, 6) is 0. The first kappa shape index (κ1) is 8.20. The first-order valence-corrected chi connectivity index (χ1v) is 2.60. The van der Waals surface area contributed by atoms with Gasteiger partial charge in [0, 0.05) is 5.70 Å². The standard InChI is InChI=1S/C6H12N2O/c1-4(6(8)9)3-5(2)7/h3,6,9H,1,7-8H2,2H3/b5-3-. The van der Waals surface area contributed by atoms with Gasteiger partial charge in [0.2, 0.25) is 0 Å². The van der Waals surface area contributed by atoms with Crippen molar-refractivity contribution in [2.45, 2.75) is 13.2 Å². The molecule has 52 valence electrons. The van der Waals surface area contributed by atoms with Crippen molar-refractivity contribution in [3.05, 3.63) is 23.9 Å². The van der Waals surface area contributed by atoms with E-state index in [-0.39, 0.29) is 0 Å². The van der Waals surface area contributed by atoms with Crippen LogP contribution in [0.4, 0.5) is 0 Å². The Labute approximate surface area is 54.7 Å². The molecular weight excluding hydrogens is 116 g/mol. The molecule has 9 heavy (non-hydrogen) atoms. The highest BCUT2D eigenvalue weighted by Crippen LogP contribution is 1.96. The van der Waals surface area contributed by atoms with Gasteiger partial charge in [-0.2, -0.15) is 0 Å². The molecule has 0 spiro atoms. The summed E-state index contributed by atoms with van der Waals surface area (Å²) in [5.41, 5.74) is 11.3. The Morgan fingerprint density at radius 3 is 2.33 bits per heavy atom. The van der Waals surface area contributed by atoms with E-state index in [2.05, 4.69) is 6.58 Å². The number of aliphatic hydroxyl groups excluding tert-OH is 1. The second-order valence-electron chi connectivity index (χ2n) is 1.91. The fraction of sp³-hybridized carbons (Fsp3) is 0.333. The molecule has 0 bridgehead atoms. The molecule has 0 radical (unpaired) electrons. The van der Waals surface area contributed by atoms with Gasteiger partial charge in [0.15, 0.2) is 0 Å². The number of rotatable bonds is 2. The zero-order valence-corrected chi connectivity index (χ0v) is 5.46. The van der Waals surface area contributed by atoms with E-state index in [1.165, 1.54) is 6.08 Å². The molecule has 0 fully saturated rings. The maximum Gasteiger partial charge on any atom is 0.128 e. The van der Waals surface area contributed by atoms with E-state index in [0.29, 0.717) is 11.3 Å². The number of hydrogen-bond donors (Lipinski definition) is 3. The fourth-order valence-corrected chi connectivity index (χ4v) is 0.378. The van der Waals surface area contributed by atoms with Crippen molar-refractivity contribution >= 4 is 0 Å². The molecule has 0 rings (SSSR count). The molecule has 1 unspecified atom stereocenters. The lowest BCUT2D eigenvalue weighted by Crippen LogP contribution is -2.20. The average Bonchev–Trinajstić information content (AvgIpc) is 1.63. The van der Waals surface area contributed by atoms with Crippen LogP contribution < -0.4 is 11.5 Å². The summed E-state index contributed by atoms with van der Waals surface area (Å²) >= 11 is 0. The number of hydrogen-bond acceptors (Lipinski definition) is 3. The minimum atomic E-state index is -0.997. The minimum absolute atomic E-state index is 0.426. The Kier molecular flexibility index (Phi) is 2.98. The first-order valence-electron chi connectivity index (χ1n) is 2.60. The third kappa shape index (κ3) is 3.76. The van der Waals surface area contributed by atoms with Crippen LogP contribution in [0.25, 0.3) is 0 Å². The molecule has 0 aromatic rings. The van der Waals surface area contributed by atoms with Gasteiger partial charge < -0.3 is 16.6 Å². The molecule has 0 heterocycles. The molecule has 1 atom stereocenters. The molecule has 0 aliphatic rings. The van der Waals surface area contributed by atoms with E-state index >= 15 is 0 Å². The van der Waals surface area contributed by atoms with Crippen LogP contribution in [0, 0.1) is 0 Å². The normalized spacial score (nSPS) is 15.2. The maximum absolute atomic E-state index is 8.65. The molecule has 3 heteroatoms. The van der Waals surface area contributed by atoms with Crippen LogP contribution in [-0.4, -0.2) is 11.3 Å². The molecule has 0 saturated heterocycles. The van der Waals surface area contributed by atoms with Gasteiger partial charge in [0.25, 0.3) is 0 Å². The van der Waals surface area contributed by atoms with Crippen LogP contribution in [0.1, 0.15) is 6.92 Å². The Morgan fingerprint density at radius 1 is 1.78 bits per heavy atom. The SMILES string of the molecule is C=C(/C=C(/C)N)C(N)O. The van der Waals surface area contributed by atoms with Crippen molar-refractivity contribution in [2.24, 2.45) is 11.5 Å². The Bertz CT molecular complexity index is 134. The van der Waals surface area contributed by atoms with E-state index in [1.54, 1.807) is 6.92 Å². The highest BCUT2D eigenvalue weighted by Gasteiger charge is 1.96.